The number of epoxide rings is 1. The van der Waals surface area contributed by atoms with Crippen LogP contribution < -0.4 is 0 Å². The Morgan fingerprint density at radius 2 is 2.08 bits per heavy atom. The molecule has 1 aliphatic rings. The van der Waals surface area contributed by atoms with Crippen LogP contribution >= 0.6 is 0 Å². The molecule has 0 aromatic heterocycles. The van der Waals surface area contributed by atoms with Gasteiger partial charge in [0.05, 0.1) is 12.2 Å². The normalized spacial score (nSPS) is 29.3. The molecular formula is C11H22O2. The molecule has 3 atom stereocenters. The zero-order valence-corrected chi connectivity index (χ0v) is 8.99. The van der Waals surface area contributed by atoms with Gasteiger partial charge in [0, 0.05) is 0 Å². The average molecular weight is 186 g/mol. The van der Waals surface area contributed by atoms with E-state index < -0.39 is 0 Å². The second kappa shape index (κ2) is 4.97. The predicted octanol–water partition coefficient (Wildman–Crippen LogP) is 2.35. The number of ether oxygens (including phenoxy) is 1. The van der Waals surface area contributed by atoms with Gasteiger partial charge in [0.1, 0.15) is 6.10 Å². The van der Waals surface area contributed by atoms with E-state index in [1.165, 1.54) is 12.8 Å². The van der Waals surface area contributed by atoms with Crippen LogP contribution in [0.2, 0.25) is 0 Å². The monoisotopic (exact) mass is 186 g/mol. The van der Waals surface area contributed by atoms with Crippen LogP contribution in [0.3, 0.4) is 0 Å². The summed E-state index contributed by atoms with van der Waals surface area (Å²) in [7, 11) is 0. The van der Waals surface area contributed by atoms with Crippen LogP contribution in [-0.2, 0) is 4.74 Å². The fourth-order valence-electron chi connectivity index (χ4n) is 1.75. The fraction of sp³-hybridized carbons (Fsp3) is 1.00. The zero-order valence-electron chi connectivity index (χ0n) is 8.99. The Morgan fingerprint density at radius 3 is 2.62 bits per heavy atom. The molecule has 78 valence electrons. The van der Waals surface area contributed by atoms with Gasteiger partial charge in [0.15, 0.2) is 0 Å². The van der Waals surface area contributed by atoms with E-state index in [-0.39, 0.29) is 12.2 Å². The molecule has 13 heavy (non-hydrogen) atoms. The summed E-state index contributed by atoms with van der Waals surface area (Å²) in [6.07, 6.45) is 4.69. The molecule has 0 aromatic carbocycles. The van der Waals surface area contributed by atoms with Crippen molar-refractivity contribution >= 4 is 0 Å². The third-order valence-corrected chi connectivity index (χ3v) is 2.56. The number of unbranched alkanes of at least 4 members (excludes halogenated alkanes) is 1. The number of hydrogen-bond acceptors (Lipinski definition) is 2. The molecule has 1 rings (SSSR count). The Kier molecular flexibility index (Phi) is 4.20. The molecule has 0 saturated carbocycles. The van der Waals surface area contributed by atoms with E-state index >= 15 is 0 Å². The Labute approximate surface area is 81.3 Å². The smallest absolute Gasteiger partial charge is 0.110 e. The average Bonchev–Trinajstić information content (AvgIpc) is 2.78. The second-order valence-corrected chi connectivity index (χ2v) is 4.48. The van der Waals surface area contributed by atoms with Crippen molar-refractivity contribution in [1.82, 2.24) is 0 Å². The molecule has 1 aliphatic heterocycles. The first kappa shape index (κ1) is 11.0. The SMILES string of the molecule is CCCC[C@@H]1O[C@@H]1C(O)CC(C)C. The fourth-order valence-corrected chi connectivity index (χ4v) is 1.75. The molecule has 0 bridgehead atoms. The van der Waals surface area contributed by atoms with Gasteiger partial charge in [-0.05, 0) is 18.8 Å². The molecule has 1 unspecified atom stereocenters. The molecule has 0 aromatic rings. The van der Waals surface area contributed by atoms with Crippen molar-refractivity contribution < 1.29 is 9.84 Å². The summed E-state index contributed by atoms with van der Waals surface area (Å²) < 4.78 is 5.43. The molecule has 2 nitrogen and oxygen atoms in total. The number of rotatable bonds is 6. The van der Waals surface area contributed by atoms with Gasteiger partial charge in [0.2, 0.25) is 0 Å². The van der Waals surface area contributed by atoms with E-state index in [2.05, 4.69) is 20.8 Å². The standard InChI is InChI=1S/C11H22O2/c1-4-5-6-10-11(13-10)9(12)7-8(2)3/h8-12H,4-7H2,1-3H3/t9?,10-,11+/m0/s1. The summed E-state index contributed by atoms with van der Waals surface area (Å²) in [5.74, 6) is 0.561. The highest BCUT2D eigenvalue weighted by atomic mass is 16.6. The van der Waals surface area contributed by atoms with Crippen molar-refractivity contribution in [2.75, 3.05) is 0 Å². The maximum atomic E-state index is 9.70. The van der Waals surface area contributed by atoms with Gasteiger partial charge < -0.3 is 9.84 Å². The maximum Gasteiger partial charge on any atom is 0.110 e. The Balaban J connectivity index is 2.10. The van der Waals surface area contributed by atoms with Gasteiger partial charge in [-0.3, -0.25) is 0 Å². The summed E-state index contributed by atoms with van der Waals surface area (Å²) in [4.78, 5) is 0. The van der Waals surface area contributed by atoms with Crippen LogP contribution in [0.4, 0.5) is 0 Å². The molecule has 1 fully saturated rings. The van der Waals surface area contributed by atoms with Crippen molar-refractivity contribution in [3.63, 3.8) is 0 Å². The molecule has 1 heterocycles. The molecule has 0 amide bonds. The lowest BCUT2D eigenvalue weighted by Gasteiger charge is -2.09. The minimum Gasteiger partial charge on any atom is -0.390 e. The first-order valence-corrected chi connectivity index (χ1v) is 5.48. The van der Waals surface area contributed by atoms with Crippen molar-refractivity contribution in [1.29, 1.82) is 0 Å². The van der Waals surface area contributed by atoms with Gasteiger partial charge >= 0.3 is 0 Å². The van der Waals surface area contributed by atoms with Gasteiger partial charge in [-0.1, -0.05) is 33.6 Å². The summed E-state index contributed by atoms with van der Waals surface area (Å²) in [6.45, 7) is 6.45. The summed E-state index contributed by atoms with van der Waals surface area (Å²) in [5, 5.41) is 9.70. The van der Waals surface area contributed by atoms with E-state index in [4.69, 9.17) is 4.74 Å². The highest BCUT2D eigenvalue weighted by molar-refractivity contribution is 4.90. The summed E-state index contributed by atoms with van der Waals surface area (Å²) >= 11 is 0. The third kappa shape index (κ3) is 3.65. The first-order valence-electron chi connectivity index (χ1n) is 5.48. The minimum absolute atomic E-state index is 0.147. The van der Waals surface area contributed by atoms with E-state index in [9.17, 15) is 5.11 Å². The molecule has 2 heteroatoms. The number of hydrogen-bond donors (Lipinski definition) is 1. The molecule has 0 aliphatic carbocycles. The lowest BCUT2D eigenvalue weighted by atomic mass is 10.0. The van der Waals surface area contributed by atoms with Crippen molar-refractivity contribution in [2.45, 2.75) is 64.8 Å². The van der Waals surface area contributed by atoms with Crippen molar-refractivity contribution in [3.05, 3.63) is 0 Å². The second-order valence-electron chi connectivity index (χ2n) is 4.48. The van der Waals surface area contributed by atoms with E-state index in [1.807, 2.05) is 0 Å². The van der Waals surface area contributed by atoms with Gasteiger partial charge in [0.25, 0.3) is 0 Å². The highest BCUT2D eigenvalue weighted by Gasteiger charge is 2.43. The zero-order chi connectivity index (χ0) is 9.84. The molecule has 0 spiro atoms. The van der Waals surface area contributed by atoms with Crippen LogP contribution in [0.15, 0.2) is 0 Å². The van der Waals surface area contributed by atoms with Crippen LogP contribution in [0.25, 0.3) is 0 Å². The predicted molar refractivity (Wildman–Crippen MR) is 53.6 cm³/mol. The van der Waals surface area contributed by atoms with Crippen LogP contribution in [-0.4, -0.2) is 23.4 Å². The first-order chi connectivity index (χ1) is 6.15. The van der Waals surface area contributed by atoms with Crippen molar-refractivity contribution in [2.24, 2.45) is 5.92 Å². The Morgan fingerprint density at radius 1 is 1.38 bits per heavy atom. The van der Waals surface area contributed by atoms with Crippen molar-refractivity contribution in [3.8, 4) is 0 Å². The van der Waals surface area contributed by atoms with E-state index in [1.54, 1.807) is 0 Å². The quantitative estimate of drug-likeness (QED) is 0.646. The van der Waals surface area contributed by atoms with Crippen LogP contribution in [0.5, 0.6) is 0 Å². The summed E-state index contributed by atoms with van der Waals surface area (Å²) in [6, 6.07) is 0. The largest absolute Gasteiger partial charge is 0.390 e. The third-order valence-electron chi connectivity index (χ3n) is 2.56. The minimum atomic E-state index is -0.234. The lowest BCUT2D eigenvalue weighted by Crippen LogP contribution is -2.19. The van der Waals surface area contributed by atoms with E-state index in [0.717, 1.165) is 12.8 Å². The lowest BCUT2D eigenvalue weighted by molar-refractivity contribution is 0.113. The molecule has 1 N–H and O–H groups in total. The van der Waals surface area contributed by atoms with E-state index in [0.29, 0.717) is 12.0 Å². The molecular weight excluding hydrogens is 164 g/mol. The highest BCUT2D eigenvalue weighted by Crippen LogP contribution is 2.32. The van der Waals surface area contributed by atoms with Crippen LogP contribution in [0.1, 0.15) is 46.5 Å². The van der Waals surface area contributed by atoms with Gasteiger partial charge in [-0.2, -0.15) is 0 Å². The number of aliphatic hydroxyl groups excluding tert-OH is 1. The van der Waals surface area contributed by atoms with Crippen LogP contribution in [0, 0.1) is 5.92 Å². The van der Waals surface area contributed by atoms with Gasteiger partial charge in [-0.25, -0.2) is 0 Å². The molecule has 0 radical (unpaired) electrons. The van der Waals surface area contributed by atoms with Gasteiger partial charge in [-0.15, -0.1) is 0 Å². The Hall–Kier alpha value is -0.0800. The Bertz CT molecular complexity index is 145. The topological polar surface area (TPSA) is 32.8 Å². The molecule has 1 saturated heterocycles. The maximum absolute atomic E-state index is 9.70. The number of aliphatic hydroxyl groups is 1. The summed E-state index contributed by atoms with van der Waals surface area (Å²) in [5.41, 5.74) is 0.